The summed E-state index contributed by atoms with van der Waals surface area (Å²) in [6.45, 7) is 0. The third-order valence-corrected chi connectivity index (χ3v) is 3.94. The average molecular weight is 226 g/mol. The van der Waals surface area contributed by atoms with Gasteiger partial charge in [-0.3, -0.25) is 0 Å². The van der Waals surface area contributed by atoms with Crippen molar-refractivity contribution in [3.63, 3.8) is 0 Å². The molecule has 0 bridgehead atoms. The van der Waals surface area contributed by atoms with Gasteiger partial charge in [-0.25, -0.2) is 11.8 Å². The molecule has 0 amide bonds. The van der Waals surface area contributed by atoms with Crippen molar-refractivity contribution in [2.75, 3.05) is 12.5 Å². The lowest BCUT2D eigenvalue weighted by Crippen LogP contribution is -1.64. The molecular weight excluding hydrogens is 219 g/mol. The third-order valence-electron chi connectivity index (χ3n) is 1.31. The first kappa shape index (κ1) is 9.72. The highest BCUT2D eigenvalue weighted by Crippen LogP contribution is 2.41. The van der Waals surface area contributed by atoms with Gasteiger partial charge >= 0.3 is 0 Å². The van der Waals surface area contributed by atoms with Crippen molar-refractivity contribution in [2.45, 2.75) is 9.79 Å². The van der Waals surface area contributed by atoms with Crippen molar-refractivity contribution in [1.82, 2.24) is 0 Å². The smallest absolute Gasteiger partial charge is 0.0257 e. The molecule has 4 heteroatoms. The molecule has 0 N–H and O–H groups in total. The average Bonchev–Trinajstić information content (AvgIpc) is 2.26. The Labute approximate surface area is 85.0 Å². The molecule has 62 valence electrons. The van der Waals surface area contributed by atoms with Gasteiger partial charge in [-0.15, -0.1) is 22.6 Å². The predicted octanol–water partition coefficient (Wildman–Crippen LogP) is 4.16. The van der Waals surface area contributed by atoms with Crippen molar-refractivity contribution in [3.8, 4) is 0 Å². The van der Waals surface area contributed by atoms with Crippen LogP contribution in [0.2, 0.25) is 10.0 Å². The van der Waals surface area contributed by atoms with E-state index in [9.17, 15) is 0 Å². The second kappa shape index (κ2) is 4.04. The van der Waals surface area contributed by atoms with Crippen molar-refractivity contribution in [1.29, 1.82) is 0 Å². The molecule has 0 saturated heterocycles. The van der Waals surface area contributed by atoms with Crippen molar-refractivity contribution < 1.29 is 0 Å². The Kier molecular flexibility index (Phi) is 3.56. The van der Waals surface area contributed by atoms with Gasteiger partial charge in [0, 0.05) is 0 Å². The van der Waals surface area contributed by atoms with Gasteiger partial charge < -0.3 is 0 Å². The highest BCUT2D eigenvalue weighted by Gasteiger charge is 2.00. The van der Waals surface area contributed by atoms with E-state index in [0.29, 0.717) is 0 Å². The summed E-state index contributed by atoms with van der Waals surface area (Å²) >= 11 is 15.1. The minimum Gasteiger partial charge on any atom is -0.208 e. The molecular formula is C7H7Cl2S2-. The molecule has 1 aromatic rings. The molecule has 1 aromatic carbocycles. The second-order valence-electron chi connectivity index (χ2n) is 1.91. The quantitative estimate of drug-likeness (QED) is 0.548. The molecule has 0 aliphatic carbocycles. The van der Waals surface area contributed by atoms with Crippen molar-refractivity contribution in [2.24, 2.45) is 0 Å². The van der Waals surface area contributed by atoms with Gasteiger partial charge in [0.1, 0.15) is 0 Å². The fourth-order valence-corrected chi connectivity index (χ4v) is 3.09. The fraction of sp³-hybridized carbons (Fsp3) is 0.286. The van der Waals surface area contributed by atoms with E-state index in [1.807, 2.05) is 18.6 Å². The van der Waals surface area contributed by atoms with Crippen LogP contribution in [0.4, 0.5) is 0 Å². The summed E-state index contributed by atoms with van der Waals surface area (Å²) in [5.41, 5.74) is 0. The first-order valence-corrected chi connectivity index (χ1v) is 6.14. The molecule has 1 rings (SSSR count). The van der Waals surface area contributed by atoms with Gasteiger partial charge in [0.25, 0.3) is 0 Å². The highest BCUT2D eigenvalue weighted by atomic mass is 35.5. The standard InChI is InChI=1S/C7H7Cl2S2/c1-10-5-3-4(8)7(11-2)6(5)9/h3H,1-2H3/q-1. The molecule has 0 radical (unpaired) electrons. The van der Waals surface area contributed by atoms with Crippen LogP contribution < -0.4 is 0 Å². The fourth-order valence-electron chi connectivity index (χ4n) is 0.796. The van der Waals surface area contributed by atoms with E-state index < -0.39 is 0 Å². The van der Waals surface area contributed by atoms with Gasteiger partial charge in [-0.2, -0.15) is 23.4 Å². The van der Waals surface area contributed by atoms with Crippen LogP contribution in [0.25, 0.3) is 0 Å². The monoisotopic (exact) mass is 225 g/mol. The highest BCUT2D eigenvalue weighted by molar-refractivity contribution is 7.99. The number of thioether (sulfide) groups is 2. The lowest BCUT2D eigenvalue weighted by atomic mass is 10.6. The largest absolute Gasteiger partial charge is 0.208 e. The first-order valence-electron chi connectivity index (χ1n) is 2.93. The van der Waals surface area contributed by atoms with Crippen molar-refractivity contribution in [3.05, 3.63) is 16.1 Å². The van der Waals surface area contributed by atoms with E-state index in [1.165, 1.54) is 0 Å². The summed E-state index contributed by atoms with van der Waals surface area (Å²) in [6.07, 6.45) is 3.96. The van der Waals surface area contributed by atoms with Gasteiger partial charge in [0.2, 0.25) is 0 Å². The topological polar surface area (TPSA) is 0 Å². The predicted molar refractivity (Wildman–Crippen MR) is 55.6 cm³/mol. The van der Waals surface area contributed by atoms with Crippen molar-refractivity contribution >= 4 is 46.7 Å². The maximum atomic E-state index is 6.00. The van der Waals surface area contributed by atoms with Crippen LogP contribution in [-0.4, -0.2) is 12.5 Å². The Hall–Kier alpha value is 0.630. The first-order chi connectivity index (χ1) is 5.20. The van der Waals surface area contributed by atoms with Crippen LogP contribution in [-0.2, 0) is 0 Å². The molecule has 0 fully saturated rings. The van der Waals surface area contributed by atoms with E-state index >= 15 is 0 Å². The third kappa shape index (κ3) is 1.86. The van der Waals surface area contributed by atoms with Gasteiger partial charge in [-0.05, 0) is 12.5 Å². The molecule has 0 aromatic heterocycles. The maximum Gasteiger partial charge on any atom is -0.0257 e. The number of hydrogen-bond donors (Lipinski definition) is 0. The Morgan fingerprint density at radius 2 is 2.00 bits per heavy atom. The van der Waals surface area contributed by atoms with Crippen LogP contribution in [0.5, 0.6) is 0 Å². The Bertz CT molecular complexity index is 255. The summed E-state index contributed by atoms with van der Waals surface area (Å²) in [4.78, 5) is 2.04. The molecule has 0 spiro atoms. The zero-order valence-electron chi connectivity index (χ0n) is 6.15. The lowest BCUT2D eigenvalue weighted by molar-refractivity contribution is 1.51. The van der Waals surface area contributed by atoms with Crippen LogP contribution >= 0.6 is 46.7 Å². The van der Waals surface area contributed by atoms with E-state index in [1.54, 1.807) is 23.5 Å². The summed E-state index contributed by atoms with van der Waals surface area (Å²) in [6, 6.07) is 1.90. The Morgan fingerprint density at radius 1 is 1.36 bits per heavy atom. The Morgan fingerprint density at radius 3 is 2.27 bits per heavy atom. The van der Waals surface area contributed by atoms with Gasteiger partial charge in [0.05, 0.1) is 0 Å². The van der Waals surface area contributed by atoms with Crippen LogP contribution in [0.3, 0.4) is 0 Å². The van der Waals surface area contributed by atoms with Crippen LogP contribution in [0, 0.1) is 0 Å². The van der Waals surface area contributed by atoms with E-state index in [4.69, 9.17) is 23.2 Å². The van der Waals surface area contributed by atoms with Crippen LogP contribution in [0.1, 0.15) is 0 Å². The van der Waals surface area contributed by atoms with E-state index in [2.05, 4.69) is 0 Å². The lowest BCUT2D eigenvalue weighted by Gasteiger charge is -2.04. The second-order valence-corrected chi connectivity index (χ2v) is 4.36. The molecule has 0 heterocycles. The molecule has 0 nitrogen and oxygen atoms in total. The molecule has 11 heavy (non-hydrogen) atoms. The number of halogens is 2. The van der Waals surface area contributed by atoms with Crippen LogP contribution in [0.15, 0.2) is 15.9 Å². The summed E-state index contributed by atoms with van der Waals surface area (Å²) in [5, 5.41) is 1.54. The molecule has 0 aliphatic heterocycles. The summed E-state index contributed by atoms with van der Waals surface area (Å²) in [7, 11) is 0. The molecule has 0 atom stereocenters. The zero-order chi connectivity index (χ0) is 8.43. The summed E-state index contributed by atoms with van der Waals surface area (Å²) in [5.74, 6) is 0. The number of hydrogen-bond acceptors (Lipinski definition) is 2. The minimum absolute atomic E-state index is 0.756. The zero-order valence-corrected chi connectivity index (χ0v) is 9.29. The summed E-state index contributed by atoms with van der Waals surface area (Å²) < 4.78 is 0. The molecule has 0 aliphatic rings. The Balaban J connectivity index is 3.14. The minimum atomic E-state index is 0.756. The van der Waals surface area contributed by atoms with Gasteiger partial charge in [-0.1, -0.05) is 14.9 Å². The van der Waals surface area contributed by atoms with E-state index in [0.717, 1.165) is 19.8 Å². The number of rotatable bonds is 2. The SMILES string of the molecule is CSc1c(Cl)c[c-](SC)c1Cl. The van der Waals surface area contributed by atoms with E-state index in [-0.39, 0.29) is 0 Å². The van der Waals surface area contributed by atoms with Gasteiger partial charge in [0.15, 0.2) is 0 Å². The normalized spacial score (nSPS) is 10.5. The molecule has 0 saturated carbocycles. The maximum absolute atomic E-state index is 6.00. The molecule has 0 unspecified atom stereocenters.